The highest BCUT2D eigenvalue weighted by Gasteiger charge is 2.21. The maximum atomic E-state index is 12.1. The first kappa shape index (κ1) is 13.1. The average molecular weight is 278 g/mol. The number of hydrogen-bond acceptors (Lipinski definition) is 3. The molecule has 4 heteroatoms. The lowest BCUT2D eigenvalue weighted by Gasteiger charge is -2.28. The van der Waals surface area contributed by atoms with Gasteiger partial charge in [0.25, 0.3) is 0 Å². The van der Waals surface area contributed by atoms with Crippen molar-refractivity contribution in [2.45, 2.75) is 38.6 Å². The molecule has 0 spiro atoms. The van der Waals surface area contributed by atoms with Gasteiger partial charge >= 0.3 is 0 Å². The van der Waals surface area contributed by atoms with Gasteiger partial charge < -0.3 is 10.2 Å². The molecule has 3 nitrogen and oxygen atoms in total. The molecular formula is C15H22N2OS. The van der Waals surface area contributed by atoms with E-state index in [1.807, 2.05) is 16.2 Å². The molecule has 0 radical (unpaired) electrons. The molecule has 2 aliphatic rings. The Morgan fingerprint density at radius 1 is 1.47 bits per heavy atom. The number of rotatable bonds is 5. The van der Waals surface area contributed by atoms with Gasteiger partial charge in [0.15, 0.2) is 0 Å². The second-order valence-electron chi connectivity index (χ2n) is 5.70. The van der Waals surface area contributed by atoms with Crippen LogP contribution < -0.4 is 5.32 Å². The van der Waals surface area contributed by atoms with E-state index in [2.05, 4.69) is 16.8 Å². The molecule has 0 atom stereocenters. The highest BCUT2D eigenvalue weighted by Crippen LogP contribution is 2.28. The molecule has 0 bridgehead atoms. The smallest absolute Gasteiger partial charge is 0.236 e. The number of carbonyl (C=O) groups excluding carboxylic acids is 1. The van der Waals surface area contributed by atoms with Gasteiger partial charge in [-0.3, -0.25) is 4.79 Å². The molecule has 104 valence electrons. The maximum Gasteiger partial charge on any atom is 0.236 e. The average Bonchev–Trinajstić information content (AvgIpc) is 2.83. The monoisotopic (exact) mass is 278 g/mol. The topological polar surface area (TPSA) is 32.3 Å². The number of hydrogen-bond donors (Lipinski definition) is 1. The number of nitrogens with one attached hydrogen (secondary N) is 1. The summed E-state index contributed by atoms with van der Waals surface area (Å²) in [5.41, 5.74) is 1.35. The number of thiophene rings is 1. The number of amides is 1. The zero-order valence-electron chi connectivity index (χ0n) is 11.4. The minimum Gasteiger partial charge on any atom is -0.337 e. The third-order valence-electron chi connectivity index (χ3n) is 4.39. The first-order valence-corrected chi connectivity index (χ1v) is 8.24. The van der Waals surface area contributed by atoms with E-state index in [1.54, 1.807) is 0 Å². The van der Waals surface area contributed by atoms with Crippen LogP contribution >= 0.6 is 11.3 Å². The van der Waals surface area contributed by atoms with E-state index in [-0.39, 0.29) is 5.91 Å². The SMILES string of the molecule is O=C(CNCCC1CCC1)N1CCc2sccc2C1. The quantitative estimate of drug-likeness (QED) is 0.839. The highest BCUT2D eigenvalue weighted by atomic mass is 32.1. The third-order valence-corrected chi connectivity index (χ3v) is 5.41. The van der Waals surface area contributed by atoms with Gasteiger partial charge in [-0.2, -0.15) is 0 Å². The summed E-state index contributed by atoms with van der Waals surface area (Å²) in [6.07, 6.45) is 6.45. The van der Waals surface area contributed by atoms with Gasteiger partial charge in [0.1, 0.15) is 0 Å². The van der Waals surface area contributed by atoms with Crippen molar-refractivity contribution in [2.24, 2.45) is 5.92 Å². The van der Waals surface area contributed by atoms with Crippen molar-refractivity contribution in [3.63, 3.8) is 0 Å². The molecule has 2 heterocycles. The molecule has 0 aromatic carbocycles. The van der Waals surface area contributed by atoms with E-state index in [1.165, 1.54) is 36.1 Å². The fourth-order valence-electron chi connectivity index (χ4n) is 2.86. The second-order valence-corrected chi connectivity index (χ2v) is 6.70. The summed E-state index contributed by atoms with van der Waals surface area (Å²) in [5.74, 6) is 1.18. The molecule has 1 aliphatic carbocycles. The molecular weight excluding hydrogens is 256 g/mol. The molecule has 1 aromatic rings. The fraction of sp³-hybridized carbons (Fsp3) is 0.667. The summed E-state index contributed by atoms with van der Waals surface area (Å²) in [7, 11) is 0. The van der Waals surface area contributed by atoms with Crippen molar-refractivity contribution in [1.82, 2.24) is 10.2 Å². The van der Waals surface area contributed by atoms with E-state index < -0.39 is 0 Å². The van der Waals surface area contributed by atoms with E-state index >= 15 is 0 Å². The summed E-state index contributed by atoms with van der Waals surface area (Å²) in [4.78, 5) is 15.6. The lowest BCUT2D eigenvalue weighted by molar-refractivity contribution is -0.131. The zero-order chi connectivity index (χ0) is 13.1. The minimum absolute atomic E-state index is 0.255. The largest absolute Gasteiger partial charge is 0.337 e. The Hall–Kier alpha value is -0.870. The van der Waals surface area contributed by atoms with Crippen LogP contribution in [0.25, 0.3) is 0 Å². The second kappa shape index (κ2) is 6.06. The molecule has 0 unspecified atom stereocenters. The van der Waals surface area contributed by atoms with Gasteiger partial charge in [0.05, 0.1) is 6.54 Å². The van der Waals surface area contributed by atoms with Crippen LogP contribution in [0.1, 0.15) is 36.1 Å². The predicted octanol–water partition coefficient (Wildman–Crippen LogP) is 2.41. The standard InChI is InChI=1S/C15H22N2OS/c18-15(10-16-7-4-12-2-1-3-12)17-8-5-14-13(11-17)6-9-19-14/h6,9,12,16H,1-5,7-8,10-11H2. The van der Waals surface area contributed by atoms with Gasteiger partial charge in [-0.1, -0.05) is 19.3 Å². The first-order chi connectivity index (χ1) is 9.33. The van der Waals surface area contributed by atoms with E-state index in [0.29, 0.717) is 6.54 Å². The number of carbonyl (C=O) groups is 1. The van der Waals surface area contributed by atoms with E-state index in [9.17, 15) is 4.79 Å². The Labute approximate surface area is 119 Å². The van der Waals surface area contributed by atoms with Gasteiger partial charge in [-0.25, -0.2) is 0 Å². The van der Waals surface area contributed by atoms with Crippen LogP contribution in [0.3, 0.4) is 0 Å². The Bertz CT molecular complexity index is 439. The van der Waals surface area contributed by atoms with Gasteiger partial charge in [0, 0.05) is 18.0 Å². The van der Waals surface area contributed by atoms with Gasteiger partial charge in [-0.05, 0) is 42.3 Å². The molecule has 1 N–H and O–H groups in total. The molecule has 1 aromatic heterocycles. The van der Waals surface area contributed by atoms with Crippen molar-refractivity contribution in [2.75, 3.05) is 19.6 Å². The molecule has 1 aliphatic heterocycles. The predicted molar refractivity (Wildman–Crippen MR) is 78.3 cm³/mol. The first-order valence-electron chi connectivity index (χ1n) is 7.36. The molecule has 0 saturated heterocycles. The van der Waals surface area contributed by atoms with Crippen molar-refractivity contribution in [3.05, 3.63) is 21.9 Å². The van der Waals surface area contributed by atoms with Crippen molar-refractivity contribution in [1.29, 1.82) is 0 Å². The van der Waals surface area contributed by atoms with Crippen LogP contribution in [0, 0.1) is 5.92 Å². The normalized spacial score (nSPS) is 19.1. The number of nitrogens with zero attached hydrogens (tertiary/aromatic N) is 1. The van der Waals surface area contributed by atoms with Crippen molar-refractivity contribution in [3.8, 4) is 0 Å². The van der Waals surface area contributed by atoms with Crippen LogP contribution in [-0.2, 0) is 17.8 Å². The molecule has 1 amide bonds. The molecule has 3 rings (SSSR count). The van der Waals surface area contributed by atoms with Crippen molar-refractivity contribution >= 4 is 17.2 Å². The van der Waals surface area contributed by atoms with Gasteiger partial charge in [0.2, 0.25) is 5.91 Å². The highest BCUT2D eigenvalue weighted by molar-refractivity contribution is 7.10. The summed E-state index contributed by atoms with van der Waals surface area (Å²) in [5, 5.41) is 5.45. The molecule has 1 saturated carbocycles. The van der Waals surface area contributed by atoms with Gasteiger partial charge in [-0.15, -0.1) is 11.3 Å². The summed E-state index contributed by atoms with van der Waals surface area (Å²) >= 11 is 1.82. The Morgan fingerprint density at radius 2 is 2.37 bits per heavy atom. The Morgan fingerprint density at radius 3 is 3.16 bits per heavy atom. The third kappa shape index (κ3) is 3.18. The van der Waals surface area contributed by atoms with Crippen molar-refractivity contribution < 1.29 is 4.79 Å². The summed E-state index contributed by atoms with van der Waals surface area (Å²) < 4.78 is 0. The maximum absolute atomic E-state index is 12.1. The van der Waals surface area contributed by atoms with E-state index in [4.69, 9.17) is 0 Å². The summed E-state index contributed by atoms with van der Waals surface area (Å²) in [6.45, 7) is 3.19. The molecule has 19 heavy (non-hydrogen) atoms. The lowest BCUT2D eigenvalue weighted by atomic mass is 9.83. The Balaban J connectivity index is 1.38. The lowest BCUT2D eigenvalue weighted by Crippen LogP contribution is -2.41. The molecule has 1 fully saturated rings. The van der Waals surface area contributed by atoms with E-state index in [0.717, 1.165) is 32.0 Å². The summed E-state index contributed by atoms with van der Waals surface area (Å²) in [6, 6.07) is 2.16. The number of fused-ring (bicyclic) bond motifs is 1. The van der Waals surface area contributed by atoms with Crippen LogP contribution in [0.2, 0.25) is 0 Å². The van der Waals surface area contributed by atoms with Crippen LogP contribution in [0.5, 0.6) is 0 Å². The van der Waals surface area contributed by atoms with Crippen LogP contribution in [0.15, 0.2) is 11.4 Å². The minimum atomic E-state index is 0.255. The Kier molecular flexibility index (Phi) is 4.18. The van der Waals surface area contributed by atoms with Crippen LogP contribution in [0.4, 0.5) is 0 Å². The zero-order valence-corrected chi connectivity index (χ0v) is 12.2. The fourth-order valence-corrected chi connectivity index (χ4v) is 3.75. The van der Waals surface area contributed by atoms with Crippen LogP contribution in [-0.4, -0.2) is 30.4 Å².